The van der Waals surface area contributed by atoms with Crippen LogP contribution in [0.5, 0.6) is 5.75 Å². The van der Waals surface area contributed by atoms with Crippen LogP contribution in [0.4, 0.5) is 0 Å². The van der Waals surface area contributed by atoms with Gasteiger partial charge in [0.05, 0.1) is 28.7 Å². The summed E-state index contributed by atoms with van der Waals surface area (Å²) in [6.45, 7) is 0. The van der Waals surface area contributed by atoms with Crippen LogP contribution in [0, 0.1) is 0 Å². The van der Waals surface area contributed by atoms with E-state index in [1.165, 1.54) is 0 Å². The summed E-state index contributed by atoms with van der Waals surface area (Å²) in [5.41, 5.74) is 2.20. The van der Waals surface area contributed by atoms with Crippen molar-refractivity contribution < 1.29 is 33.9 Å². The fourth-order valence-electron chi connectivity index (χ4n) is 2.27. The number of imidazole rings is 1. The van der Waals surface area contributed by atoms with E-state index in [4.69, 9.17) is 35.6 Å². The second-order valence-corrected chi connectivity index (χ2v) is 6.80. The maximum Gasteiger partial charge on any atom is 0.466 e. The van der Waals surface area contributed by atoms with Gasteiger partial charge in [-0.25, -0.2) is 14.3 Å². The van der Waals surface area contributed by atoms with Gasteiger partial charge in [0.15, 0.2) is 0 Å². The predicted molar refractivity (Wildman–Crippen MR) is 104 cm³/mol. The lowest BCUT2D eigenvalue weighted by Crippen LogP contribution is -1.96. The van der Waals surface area contributed by atoms with E-state index >= 15 is 0 Å². The molecule has 0 amide bonds. The number of carboxylic acid groups (broad SMARTS) is 1. The van der Waals surface area contributed by atoms with Crippen LogP contribution in [0.25, 0.3) is 23.2 Å². The Morgan fingerprint density at radius 3 is 2.46 bits per heavy atom. The summed E-state index contributed by atoms with van der Waals surface area (Å²) < 4.78 is 14.0. The molecule has 0 aliphatic rings. The summed E-state index contributed by atoms with van der Waals surface area (Å²) in [5.74, 6) is 0.191. The molecule has 1 aromatic heterocycles. The molecule has 9 nitrogen and oxygen atoms in total. The lowest BCUT2D eigenvalue weighted by molar-refractivity contribution is 0.0698. The van der Waals surface area contributed by atoms with Crippen LogP contribution in [-0.2, 0) is 4.57 Å². The number of carbonyl (C=O) groups is 1. The van der Waals surface area contributed by atoms with Crippen molar-refractivity contribution in [2.24, 2.45) is 0 Å². The molecule has 0 bridgehead atoms. The van der Waals surface area contributed by atoms with Crippen molar-refractivity contribution in [3.63, 3.8) is 0 Å². The zero-order chi connectivity index (χ0) is 20.9. The van der Waals surface area contributed by atoms with Crippen molar-refractivity contribution in [3.8, 4) is 5.75 Å². The van der Waals surface area contributed by atoms with Crippen molar-refractivity contribution >= 4 is 48.6 Å². The minimum Gasteiger partial charge on any atom is -0.495 e. The molecule has 148 valence electrons. The largest absolute Gasteiger partial charge is 0.495 e. The minimum absolute atomic E-state index is 0.196. The molecule has 28 heavy (non-hydrogen) atoms. The maximum atomic E-state index is 11.2. The van der Waals surface area contributed by atoms with Crippen LogP contribution in [0.1, 0.15) is 21.7 Å². The normalized spacial score (nSPS) is 11.3. The number of ether oxygens (including phenoxy) is 1. The molecule has 3 aromatic rings. The number of hydrogen-bond donors (Lipinski definition) is 5. The first-order valence-electron chi connectivity index (χ1n) is 7.60. The number of phosphoric acid groups is 1. The van der Waals surface area contributed by atoms with Crippen LogP contribution < -0.4 is 4.74 Å². The fourth-order valence-corrected chi connectivity index (χ4v) is 2.54. The van der Waals surface area contributed by atoms with Gasteiger partial charge >= 0.3 is 13.8 Å². The van der Waals surface area contributed by atoms with Gasteiger partial charge in [-0.1, -0.05) is 29.8 Å². The molecule has 0 saturated heterocycles. The minimum atomic E-state index is -4.64. The number of benzene rings is 2. The summed E-state index contributed by atoms with van der Waals surface area (Å²) in [4.78, 5) is 40.2. The lowest BCUT2D eigenvalue weighted by atomic mass is 10.2. The molecule has 0 atom stereocenters. The van der Waals surface area contributed by atoms with E-state index in [1.54, 1.807) is 43.5 Å². The number of nitrogens with one attached hydrogen (secondary N) is 1. The monoisotopic (exact) mass is 426 g/mol. The van der Waals surface area contributed by atoms with Crippen molar-refractivity contribution in [2.45, 2.75) is 0 Å². The van der Waals surface area contributed by atoms with Crippen molar-refractivity contribution in [1.29, 1.82) is 0 Å². The second-order valence-electron chi connectivity index (χ2n) is 5.37. The number of rotatable bonds is 4. The molecule has 5 N–H and O–H groups in total. The van der Waals surface area contributed by atoms with Gasteiger partial charge in [-0.05, 0) is 35.9 Å². The molecule has 0 unspecified atom stereocenters. The van der Waals surface area contributed by atoms with Crippen LogP contribution in [0.15, 0.2) is 36.4 Å². The molecule has 0 radical (unpaired) electrons. The highest BCUT2D eigenvalue weighted by Gasteiger charge is 2.11. The Hall–Kier alpha value is -2.68. The fraction of sp³-hybridized carbons (Fsp3) is 0.0588. The number of halogens is 1. The number of fused-ring (bicyclic) bond motifs is 1. The van der Waals surface area contributed by atoms with E-state index in [0.29, 0.717) is 27.6 Å². The van der Waals surface area contributed by atoms with Gasteiger partial charge in [0.1, 0.15) is 11.6 Å². The highest BCUT2D eigenvalue weighted by atomic mass is 35.5. The molecule has 1 heterocycles. The average molecular weight is 427 g/mol. The van der Waals surface area contributed by atoms with E-state index in [-0.39, 0.29) is 5.56 Å². The van der Waals surface area contributed by atoms with Crippen LogP contribution in [-0.4, -0.2) is 42.8 Å². The maximum absolute atomic E-state index is 11.2. The highest BCUT2D eigenvalue weighted by molar-refractivity contribution is 7.45. The van der Waals surface area contributed by atoms with E-state index in [9.17, 15) is 9.90 Å². The zero-order valence-electron chi connectivity index (χ0n) is 14.4. The number of hydrogen-bond acceptors (Lipinski definition) is 4. The molecule has 11 heteroatoms. The third-order valence-corrected chi connectivity index (χ3v) is 3.67. The summed E-state index contributed by atoms with van der Waals surface area (Å²) >= 11 is 6.08. The van der Waals surface area contributed by atoms with Gasteiger partial charge < -0.3 is 29.5 Å². The standard InChI is InChI=1S/C17H13ClN2O3.H3O4P/c1-23-14-7-5-10(9-12(14)18)6-8-15-19-13-4-2-3-11(17(21)22)16(13)20-15;1-5(2,3)4/h2-9H,1H3,(H,19,20)(H,21,22);(H3,1,2,3,4). The molecule has 0 saturated carbocycles. The first kappa shape index (κ1) is 21.6. The summed E-state index contributed by atoms with van der Waals surface area (Å²) in [7, 11) is -3.08. The molecule has 3 rings (SSSR count). The molecule has 0 spiro atoms. The van der Waals surface area contributed by atoms with Crippen molar-refractivity contribution in [2.75, 3.05) is 7.11 Å². The first-order valence-corrected chi connectivity index (χ1v) is 9.54. The summed E-state index contributed by atoms with van der Waals surface area (Å²) in [5, 5.41) is 9.71. The number of aromatic nitrogens is 2. The van der Waals surface area contributed by atoms with Crippen molar-refractivity contribution in [3.05, 3.63) is 58.4 Å². The van der Waals surface area contributed by atoms with Crippen LogP contribution in [0.3, 0.4) is 0 Å². The Labute approximate surface area is 164 Å². The third kappa shape index (κ3) is 6.19. The van der Waals surface area contributed by atoms with Gasteiger partial charge in [0.25, 0.3) is 0 Å². The van der Waals surface area contributed by atoms with E-state index in [2.05, 4.69) is 9.97 Å². The summed E-state index contributed by atoms with van der Waals surface area (Å²) in [6.07, 6.45) is 3.60. The van der Waals surface area contributed by atoms with Gasteiger partial charge in [-0.15, -0.1) is 0 Å². The van der Waals surface area contributed by atoms with Gasteiger partial charge in [-0.2, -0.15) is 0 Å². The van der Waals surface area contributed by atoms with Crippen LogP contribution in [0.2, 0.25) is 5.02 Å². The topological polar surface area (TPSA) is 153 Å². The van der Waals surface area contributed by atoms with Gasteiger partial charge in [0.2, 0.25) is 0 Å². The quantitative estimate of drug-likeness (QED) is 0.399. The second kappa shape index (κ2) is 9.01. The predicted octanol–water partition coefficient (Wildman–Crippen LogP) is 3.16. The summed E-state index contributed by atoms with van der Waals surface area (Å²) in [6, 6.07) is 10.4. The zero-order valence-corrected chi connectivity index (χ0v) is 16.1. The molecular weight excluding hydrogens is 411 g/mol. The molecular formula is C17H16ClN2O7P. The number of aromatic amines is 1. The Morgan fingerprint density at radius 2 is 1.89 bits per heavy atom. The first-order chi connectivity index (χ1) is 13.1. The number of nitrogens with zero attached hydrogens (tertiary/aromatic N) is 1. The molecule has 2 aromatic carbocycles. The smallest absolute Gasteiger partial charge is 0.466 e. The molecule has 0 aliphatic carbocycles. The Bertz CT molecular complexity index is 1070. The third-order valence-electron chi connectivity index (χ3n) is 3.38. The average Bonchev–Trinajstić information content (AvgIpc) is 3.01. The Morgan fingerprint density at radius 1 is 1.21 bits per heavy atom. The van der Waals surface area contributed by atoms with E-state index in [1.807, 2.05) is 12.1 Å². The van der Waals surface area contributed by atoms with Crippen LogP contribution >= 0.6 is 19.4 Å². The van der Waals surface area contributed by atoms with Gasteiger partial charge in [-0.3, -0.25) is 0 Å². The molecule has 0 fully saturated rings. The van der Waals surface area contributed by atoms with E-state index in [0.717, 1.165) is 5.56 Å². The van der Waals surface area contributed by atoms with Crippen molar-refractivity contribution in [1.82, 2.24) is 9.97 Å². The van der Waals surface area contributed by atoms with Gasteiger partial charge in [0, 0.05) is 0 Å². The molecule has 0 aliphatic heterocycles. The number of carboxylic acids is 1. The highest BCUT2D eigenvalue weighted by Crippen LogP contribution is 2.26. The SMILES string of the molecule is COc1ccc(C=Cc2nc3cccc(C(=O)O)c3[nH]2)cc1Cl.O=P(O)(O)O. The lowest BCUT2D eigenvalue weighted by Gasteiger charge is -2.02. The number of H-pyrrole nitrogens is 1. The Balaban J connectivity index is 0.000000500. The number of para-hydroxylation sites is 1. The van der Waals surface area contributed by atoms with E-state index < -0.39 is 13.8 Å². The number of aromatic carboxylic acids is 1. The Kier molecular flexibility index (Phi) is 6.95. The number of methoxy groups -OCH3 is 1.